The first-order chi connectivity index (χ1) is 4.12. The van der Waals surface area contributed by atoms with Gasteiger partial charge >= 0.3 is 0 Å². The monoisotopic (exact) mass is 168 g/mol. The molecule has 0 saturated carbocycles. The van der Waals surface area contributed by atoms with Crippen LogP contribution in [0.2, 0.25) is 0 Å². The van der Waals surface area contributed by atoms with Crippen molar-refractivity contribution in [3.8, 4) is 5.40 Å². The molecule has 9 heavy (non-hydrogen) atoms. The van der Waals surface area contributed by atoms with Gasteiger partial charge in [0.05, 0.1) is 0 Å². The molecule has 0 heterocycles. The summed E-state index contributed by atoms with van der Waals surface area (Å²) in [4.78, 5) is 1.66. The number of nitrogens with zero attached hydrogens (tertiary/aromatic N) is 1. The molecule has 0 aromatic rings. The van der Waals surface area contributed by atoms with E-state index in [0.717, 1.165) is 0 Å². The second-order valence-corrected chi connectivity index (χ2v) is 4.15. The number of nitriles is 1. The van der Waals surface area contributed by atoms with Crippen molar-refractivity contribution >= 4 is 19.8 Å². The molecule has 0 aromatic carbocycles. The molecular formula is CH4N4O2S2. The molecule has 0 spiro atoms. The molecule has 8 heteroatoms. The van der Waals surface area contributed by atoms with Gasteiger partial charge in [0, 0.05) is 0 Å². The Labute approximate surface area is 55.8 Å². The summed E-state index contributed by atoms with van der Waals surface area (Å²) in [5.41, 5.74) is 1.68. The Balaban J connectivity index is 3.93. The van der Waals surface area contributed by atoms with Gasteiger partial charge in [-0.05, 0) is 0 Å². The van der Waals surface area contributed by atoms with Crippen LogP contribution in [0.25, 0.3) is 0 Å². The molecule has 0 aliphatic rings. The summed E-state index contributed by atoms with van der Waals surface area (Å²) in [6, 6.07) is 0. The van der Waals surface area contributed by atoms with E-state index < -0.39 is 9.06 Å². The van der Waals surface area contributed by atoms with Gasteiger partial charge in [0.2, 0.25) is 0 Å². The SMILES string of the molecule is N#CSS(=O)(=O)NNN. The summed E-state index contributed by atoms with van der Waals surface area (Å²) in [5.74, 6) is 4.58. The van der Waals surface area contributed by atoms with Crippen LogP contribution in [0.1, 0.15) is 0 Å². The molecule has 0 atom stereocenters. The maximum Gasteiger partial charge on any atom is 0.292 e. The molecule has 0 bridgehead atoms. The summed E-state index contributed by atoms with van der Waals surface area (Å²) in [6.45, 7) is 0. The quantitative estimate of drug-likeness (QED) is 0.203. The first kappa shape index (κ1) is 8.67. The number of nitrogens with two attached hydrogens (primary N) is 1. The minimum atomic E-state index is -3.61. The van der Waals surface area contributed by atoms with Gasteiger partial charge in [0.15, 0.2) is 5.40 Å². The van der Waals surface area contributed by atoms with Crippen molar-refractivity contribution in [1.82, 2.24) is 10.4 Å². The van der Waals surface area contributed by atoms with E-state index >= 15 is 0 Å². The molecule has 0 fully saturated rings. The number of thiocyanates is 1. The zero-order chi connectivity index (χ0) is 7.33. The molecule has 0 rings (SSSR count). The van der Waals surface area contributed by atoms with E-state index in [4.69, 9.17) is 5.26 Å². The van der Waals surface area contributed by atoms with Gasteiger partial charge in [0.1, 0.15) is 10.8 Å². The zero-order valence-corrected chi connectivity index (χ0v) is 5.79. The van der Waals surface area contributed by atoms with Crippen molar-refractivity contribution in [2.75, 3.05) is 0 Å². The molecule has 6 nitrogen and oxygen atoms in total. The first-order valence-corrected chi connectivity index (χ1v) is 4.49. The van der Waals surface area contributed by atoms with E-state index in [1.807, 2.05) is 0 Å². The summed E-state index contributed by atoms with van der Waals surface area (Å²) >= 11 is 0. The predicted octanol–water partition coefficient (Wildman–Crippen LogP) is -1.59. The van der Waals surface area contributed by atoms with Crippen LogP contribution in [-0.4, -0.2) is 8.42 Å². The van der Waals surface area contributed by atoms with Crippen LogP contribution in [-0.2, 0) is 9.06 Å². The van der Waals surface area contributed by atoms with Crippen molar-refractivity contribution in [1.29, 1.82) is 5.26 Å². The maximum atomic E-state index is 10.3. The van der Waals surface area contributed by atoms with Crippen LogP contribution in [0.5, 0.6) is 0 Å². The summed E-state index contributed by atoms with van der Waals surface area (Å²) < 4.78 is 20.6. The lowest BCUT2D eigenvalue weighted by Gasteiger charge is -1.95. The largest absolute Gasteiger partial charge is 0.292 e. The highest BCUT2D eigenvalue weighted by Gasteiger charge is 2.07. The lowest BCUT2D eigenvalue weighted by Crippen LogP contribution is -2.40. The van der Waals surface area contributed by atoms with Gasteiger partial charge in [-0.2, -0.15) is 19.2 Å². The van der Waals surface area contributed by atoms with Gasteiger partial charge in [-0.1, -0.05) is 0 Å². The van der Waals surface area contributed by atoms with Crippen LogP contribution in [0, 0.1) is 10.7 Å². The molecule has 4 N–H and O–H groups in total. The van der Waals surface area contributed by atoms with Gasteiger partial charge in [-0.25, -0.2) is 0 Å². The second kappa shape index (κ2) is 3.65. The van der Waals surface area contributed by atoms with Crippen LogP contribution in [0.15, 0.2) is 0 Å². The van der Waals surface area contributed by atoms with Gasteiger partial charge < -0.3 is 0 Å². The smallest absolute Gasteiger partial charge is 0.257 e. The highest BCUT2D eigenvalue weighted by Crippen LogP contribution is 2.03. The van der Waals surface area contributed by atoms with Crippen molar-refractivity contribution in [3.05, 3.63) is 0 Å². The molecule has 0 radical (unpaired) electrons. The predicted molar refractivity (Wildman–Crippen MR) is 32.6 cm³/mol. The average Bonchev–Trinajstić information content (AvgIpc) is 1.64. The summed E-state index contributed by atoms with van der Waals surface area (Å²) in [5, 5.41) is 9.22. The number of rotatable bonds is 3. The number of hydrogen-bond acceptors (Lipinski definition) is 6. The van der Waals surface area contributed by atoms with Crippen LogP contribution in [0.4, 0.5) is 0 Å². The average molecular weight is 168 g/mol. The third-order valence-corrected chi connectivity index (χ3v) is 2.12. The third-order valence-electron chi connectivity index (χ3n) is 0.331. The van der Waals surface area contributed by atoms with Gasteiger partial charge in [-0.15, -0.1) is 4.83 Å². The summed E-state index contributed by atoms with van der Waals surface area (Å²) in [7, 11) is -3.53. The normalized spacial score (nSPS) is 10.7. The second-order valence-electron chi connectivity index (χ2n) is 0.875. The Hall–Kier alpha value is -0.330. The topological polar surface area (TPSA) is 108 Å². The number of nitrogens with one attached hydrogen (secondary N) is 2. The zero-order valence-electron chi connectivity index (χ0n) is 4.16. The standard InChI is InChI=1S/CH4N4O2S2/c2-1-8-9(6,7)5-4-3/h4-5H,3H2. The van der Waals surface area contributed by atoms with E-state index in [-0.39, 0.29) is 10.8 Å². The Morgan fingerprint density at radius 1 is 1.67 bits per heavy atom. The fourth-order valence-corrected chi connectivity index (χ4v) is 0.990. The third kappa shape index (κ3) is 4.19. The molecule has 0 saturated heterocycles. The van der Waals surface area contributed by atoms with Gasteiger partial charge in [0.25, 0.3) is 9.06 Å². The van der Waals surface area contributed by atoms with E-state index in [1.54, 1.807) is 10.4 Å². The summed E-state index contributed by atoms with van der Waals surface area (Å²) in [6.07, 6.45) is 0. The van der Waals surface area contributed by atoms with Gasteiger partial charge in [-0.3, -0.25) is 5.84 Å². The molecule has 0 aliphatic heterocycles. The van der Waals surface area contributed by atoms with E-state index in [9.17, 15) is 8.42 Å². The Morgan fingerprint density at radius 3 is 2.56 bits per heavy atom. The minimum absolute atomic E-state index is 0.0823. The van der Waals surface area contributed by atoms with Crippen LogP contribution in [0.3, 0.4) is 0 Å². The maximum absolute atomic E-state index is 10.3. The van der Waals surface area contributed by atoms with Crippen molar-refractivity contribution < 1.29 is 8.42 Å². The van der Waals surface area contributed by atoms with Crippen LogP contribution >= 0.6 is 10.8 Å². The van der Waals surface area contributed by atoms with Crippen LogP contribution < -0.4 is 16.2 Å². The number of hydrazine groups is 2. The fraction of sp³-hybridized carbons (Fsp3) is 0. The Morgan fingerprint density at radius 2 is 2.22 bits per heavy atom. The lowest BCUT2D eigenvalue weighted by atomic mass is 11.8. The van der Waals surface area contributed by atoms with Crippen molar-refractivity contribution in [3.63, 3.8) is 0 Å². The highest BCUT2D eigenvalue weighted by molar-refractivity contribution is 8.73. The lowest BCUT2D eigenvalue weighted by molar-refractivity contribution is 0.578. The molecule has 0 amide bonds. The van der Waals surface area contributed by atoms with Crippen molar-refractivity contribution in [2.45, 2.75) is 0 Å². The van der Waals surface area contributed by atoms with Crippen molar-refractivity contribution in [2.24, 2.45) is 5.84 Å². The molecule has 0 unspecified atom stereocenters. The first-order valence-electron chi connectivity index (χ1n) is 1.67. The molecular weight excluding hydrogens is 164 g/mol. The molecule has 0 aromatic heterocycles. The Bertz CT molecular complexity index is 201. The molecule has 52 valence electrons. The van der Waals surface area contributed by atoms with E-state index in [1.165, 1.54) is 5.40 Å². The highest BCUT2D eigenvalue weighted by atomic mass is 33.1. The Kier molecular flexibility index (Phi) is 3.52. The van der Waals surface area contributed by atoms with E-state index in [0.29, 0.717) is 0 Å². The number of hydrogen-bond donors (Lipinski definition) is 3. The molecule has 0 aliphatic carbocycles. The fourth-order valence-electron chi connectivity index (χ4n) is 0.142. The minimum Gasteiger partial charge on any atom is -0.257 e. The van der Waals surface area contributed by atoms with E-state index in [2.05, 4.69) is 5.84 Å².